The van der Waals surface area contributed by atoms with Crippen molar-refractivity contribution >= 4 is 23.0 Å². The lowest BCUT2D eigenvalue weighted by Gasteiger charge is -2.07. The Balaban J connectivity index is 2.26. The molecule has 0 radical (unpaired) electrons. The number of nitriles is 1. The Morgan fingerprint density at radius 1 is 1.15 bits per heavy atom. The molecule has 128 valence electrons. The van der Waals surface area contributed by atoms with Crippen molar-refractivity contribution < 1.29 is 0 Å². The molecule has 3 N–H and O–H groups in total. The van der Waals surface area contributed by atoms with Gasteiger partial charge in [-0.25, -0.2) is 4.68 Å². The molecule has 1 heterocycles. The van der Waals surface area contributed by atoms with Crippen molar-refractivity contribution in [3.05, 3.63) is 71.9 Å². The van der Waals surface area contributed by atoms with Crippen LogP contribution in [0, 0.1) is 11.3 Å². The van der Waals surface area contributed by atoms with Crippen LogP contribution in [-0.2, 0) is 0 Å². The summed E-state index contributed by atoms with van der Waals surface area (Å²) in [7, 11) is 0. The number of thiocarbonyl (C=S) groups is 1. The third-order valence-corrected chi connectivity index (χ3v) is 3.81. The standard InChI is InChI=1S/C19H16N6S/c1-13(22-23-19(21)26)17-16(12-20)18(14-8-4-2-5-9-14)25(24-17)15-10-6-3-7-11-15/h2-11H,1H3,(H3,21,23,26)/b22-13+. The van der Waals surface area contributed by atoms with E-state index >= 15 is 0 Å². The lowest BCUT2D eigenvalue weighted by Crippen LogP contribution is -2.25. The first-order valence-electron chi connectivity index (χ1n) is 7.86. The van der Waals surface area contributed by atoms with Crippen LogP contribution in [0.15, 0.2) is 65.8 Å². The Morgan fingerprint density at radius 3 is 2.35 bits per heavy atom. The van der Waals surface area contributed by atoms with E-state index in [1.807, 2.05) is 60.7 Å². The number of nitrogens with one attached hydrogen (secondary N) is 1. The summed E-state index contributed by atoms with van der Waals surface area (Å²) in [4.78, 5) is 0. The predicted octanol–water partition coefficient (Wildman–Crippen LogP) is 2.97. The van der Waals surface area contributed by atoms with Crippen molar-refractivity contribution in [2.24, 2.45) is 10.8 Å². The number of para-hydroxylation sites is 1. The number of hydrogen-bond donors (Lipinski definition) is 2. The quantitative estimate of drug-likeness (QED) is 0.424. The van der Waals surface area contributed by atoms with E-state index in [9.17, 15) is 5.26 Å². The van der Waals surface area contributed by atoms with Gasteiger partial charge in [-0.05, 0) is 31.3 Å². The zero-order valence-electron chi connectivity index (χ0n) is 14.0. The molecule has 0 saturated carbocycles. The minimum absolute atomic E-state index is 0.0497. The Morgan fingerprint density at radius 2 is 1.77 bits per heavy atom. The molecule has 6 nitrogen and oxygen atoms in total. The summed E-state index contributed by atoms with van der Waals surface area (Å²) in [6.45, 7) is 1.75. The topological polar surface area (TPSA) is 92.0 Å². The van der Waals surface area contributed by atoms with Crippen LogP contribution in [-0.4, -0.2) is 20.6 Å². The first kappa shape index (κ1) is 17.3. The second kappa shape index (κ2) is 7.59. The Kier molecular flexibility index (Phi) is 5.06. The molecule has 0 saturated heterocycles. The van der Waals surface area contributed by atoms with Gasteiger partial charge < -0.3 is 5.73 Å². The third kappa shape index (κ3) is 3.45. The van der Waals surface area contributed by atoms with Crippen molar-refractivity contribution in [1.82, 2.24) is 15.2 Å². The van der Waals surface area contributed by atoms with Gasteiger partial charge in [0.15, 0.2) is 5.11 Å². The van der Waals surface area contributed by atoms with Crippen molar-refractivity contribution in [2.75, 3.05) is 0 Å². The highest BCUT2D eigenvalue weighted by atomic mass is 32.1. The molecule has 0 spiro atoms. The van der Waals surface area contributed by atoms with E-state index in [1.165, 1.54) is 0 Å². The third-order valence-electron chi connectivity index (χ3n) is 3.72. The number of nitrogens with two attached hydrogens (primary N) is 1. The average molecular weight is 360 g/mol. The molecule has 0 amide bonds. The number of aromatic nitrogens is 2. The minimum atomic E-state index is 0.0497. The molecule has 3 aromatic rings. The molecule has 0 fully saturated rings. The predicted molar refractivity (Wildman–Crippen MR) is 106 cm³/mol. The molecule has 0 aliphatic rings. The number of hydrogen-bond acceptors (Lipinski definition) is 4. The largest absolute Gasteiger partial charge is 0.375 e. The van der Waals surface area contributed by atoms with Gasteiger partial charge in [0, 0.05) is 5.56 Å². The van der Waals surface area contributed by atoms with Gasteiger partial charge in [0.1, 0.15) is 17.3 Å². The molecule has 0 aliphatic heterocycles. The molecule has 1 aromatic heterocycles. The van der Waals surface area contributed by atoms with Crippen molar-refractivity contribution in [3.63, 3.8) is 0 Å². The summed E-state index contributed by atoms with van der Waals surface area (Å²) in [5.74, 6) is 0. The SMILES string of the molecule is C/C(=N\NC(N)=S)c1nn(-c2ccccc2)c(-c2ccccc2)c1C#N. The van der Waals surface area contributed by atoms with Gasteiger partial charge in [0.2, 0.25) is 0 Å². The molecule has 0 bridgehead atoms. The van der Waals surface area contributed by atoms with Gasteiger partial charge in [0.05, 0.1) is 17.1 Å². The molecular formula is C19H16N6S. The van der Waals surface area contributed by atoms with Crippen molar-refractivity contribution in [2.45, 2.75) is 6.92 Å². The van der Waals surface area contributed by atoms with Crippen molar-refractivity contribution in [1.29, 1.82) is 5.26 Å². The van der Waals surface area contributed by atoms with Crippen LogP contribution in [0.3, 0.4) is 0 Å². The molecule has 7 heteroatoms. The van der Waals surface area contributed by atoms with Crippen LogP contribution in [0.2, 0.25) is 0 Å². The van der Waals surface area contributed by atoms with E-state index in [2.05, 4.69) is 21.7 Å². The maximum atomic E-state index is 9.82. The van der Waals surface area contributed by atoms with Crippen molar-refractivity contribution in [3.8, 4) is 23.0 Å². The van der Waals surface area contributed by atoms with Gasteiger partial charge in [-0.3, -0.25) is 5.43 Å². The van der Waals surface area contributed by atoms with Crippen LogP contribution in [0.25, 0.3) is 16.9 Å². The fourth-order valence-corrected chi connectivity index (χ4v) is 2.63. The Bertz CT molecular complexity index is 1000. The lowest BCUT2D eigenvalue weighted by atomic mass is 10.0. The molecule has 0 unspecified atom stereocenters. The molecule has 3 rings (SSSR count). The smallest absolute Gasteiger partial charge is 0.184 e. The first-order valence-corrected chi connectivity index (χ1v) is 8.26. The zero-order chi connectivity index (χ0) is 18.5. The number of hydrazone groups is 1. The fraction of sp³-hybridized carbons (Fsp3) is 0.0526. The lowest BCUT2D eigenvalue weighted by molar-refractivity contribution is 0.880. The highest BCUT2D eigenvalue weighted by Gasteiger charge is 2.22. The monoisotopic (exact) mass is 360 g/mol. The molecular weight excluding hydrogens is 344 g/mol. The highest BCUT2D eigenvalue weighted by molar-refractivity contribution is 7.80. The Labute approximate surface area is 156 Å². The minimum Gasteiger partial charge on any atom is -0.375 e. The van der Waals surface area contributed by atoms with Gasteiger partial charge in [0.25, 0.3) is 0 Å². The average Bonchev–Trinajstić information content (AvgIpc) is 3.07. The van der Waals surface area contributed by atoms with E-state index < -0.39 is 0 Å². The van der Waals surface area contributed by atoms with Crippen LogP contribution < -0.4 is 11.2 Å². The van der Waals surface area contributed by atoms with Crippen LogP contribution in [0.4, 0.5) is 0 Å². The normalized spacial score (nSPS) is 11.0. The summed E-state index contributed by atoms with van der Waals surface area (Å²) in [6, 6.07) is 21.6. The molecule has 0 atom stereocenters. The van der Waals surface area contributed by atoms with Gasteiger partial charge >= 0.3 is 0 Å². The van der Waals surface area contributed by atoms with Crippen LogP contribution >= 0.6 is 12.2 Å². The second-order valence-electron chi connectivity index (χ2n) is 5.47. The Hall–Kier alpha value is -3.50. The maximum Gasteiger partial charge on any atom is 0.184 e. The van der Waals surface area contributed by atoms with E-state index in [1.54, 1.807) is 11.6 Å². The fourth-order valence-electron chi connectivity index (χ4n) is 2.59. The van der Waals surface area contributed by atoms with Gasteiger partial charge in [-0.1, -0.05) is 48.5 Å². The van der Waals surface area contributed by atoms with E-state index in [0.29, 0.717) is 22.7 Å². The van der Waals surface area contributed by atoms with Gasteiger partial charge in [-0.2, -0.15) is 15.5 Å². The highest BCUT2D eigenvalue weighted by Crippen LogP contribution is 2.29. The molecule has 26 heavy (non-hydrogen) atoms. The van der Waals surface area contributed by atoms with E-state index in [0.717, 1.165) is 11.3 Å². The summed E-state index contributed by atoms with van der Waals surface area (Å²) in [5.41, 5.74) is 11.8. The summed E-state index contributed by atoms with van der Waals surface area (Å²) < 4.78 is 1.75. The van der Waals surface area contributed by atoms with E-state index in [4.69, 9.17) is 18.0 Å². The zero-order valence-corrected chi connectivity index (χ0v) is 14.9. The summed E-state index contributed by atoms with van der Waals surface area (Å²) in [5, 5.41) is 18.6. The second-order valence-corrected chi connectivity index (χ2v) is 5.91. The van der Waals surface area contributed by atoms with Gasteiger partial charge in [-0.15, -0.1) is 0 Å². The number of benzene rings is 2. The maximum absolute atomic E-state index is 9.82. The molecule has 2 aromatic carbocycles. The molecule has 0 aliphatic carbocycles. The number of nitrogens with zero attached hydrogens (tertiary/aromatic N) is 4. The van der Waals surface area contributed by atoms with Crippen LogP contribution in [0.5, 0.6) is 0 Å². The number of rotatable bonds is 4. The van der Waals surface area contributed by atoms with E-state index in [-0.39, 0.29) is 5.11 Å². The summed E-state index contributed by atoms with van der Waals surface area (Å²) in [6.07, 6.45) is 0. The van der Waals surface area contributed by atoms with Crippen LogP contribution in [0.1, 0.15) is 18.2 Å². The summed E-state index contributed by atoms with van der Waals surface area (Å²) >= 11 is 4.78. The first-order chi connectivity index (χ1) is 12.6.